The van der Waals surface area contributed by atoms with Crippen molar-refractivity contribution in [3.8, 4) is 0 Å². The Hall–Kier alpha value is -0.650. The first-order valence-electron chi connectivity index (χ1n) is 4.47. The van der Waals surface area contributed by atoms with Crippen molar-refractivity contribution in [2.24, 2.45) is 0 Å². The van der Waals surface area contributed by atoms with Gasteiger partial charge in [-0.05, 0) is 18.6 Å². The first-order valence-corrected chi connectivity index (χ1v) is 5.88. The molecule has 15 heavy (non-hydrogen) atoms. The van der Waals surface area contributed by atoms with Crippen molar-refractivity contribution in [3.05, 3.63) is 24.4 Å². The summed E-state index contributed by atoms with van der Waals surface area (Å²) in [5.74, 6) is 0. The zero-order valence-electron chi connectivity index (χ0n) is 8.42. The monoisotopic (exact) mass is 251 g/mol. The summed E-state index contributed by atoms with van der Waals surface area (Å²) in [5, 5.41) is -0.0314. The third kappa shape index (κ3) is 4.59. The Bertz CT molecular complexity index is 366. The van der Waals surface area contributed by atoms with Crippen molar-refractivity contribution >= 4 is 22.5 Å². The summed E-state index contributed by atoms with van der Waals surface area (Å²) in [5.41, 5.74) is 0. The maximum absolute atomic E-state index is 11.4. The first kappa shape index (κ1) is 14.3. The van der Waals surface area contributed by atoms with Crippen molar-refractivity contribution in [3.63, 3.8) is 0 Å². The van der Waals surface area contributed by atoms with Crippen molar-refractivity contribution in [2.75, 3.05) is 6.61 Å². The van der Waals surface area contributed by atoms with E-state index in [4.69, 9.17) is 4.18 Å². The zero-order valence-corrected chi connectivity index (χ0v) is 10.1. The molecule has 0 bridgehead atoms. The van der Waals surface area contributed by atoms with Gasteiger partial charge in [-0.3, -0.25) is 4.18 Å². The molecule has 0 amide bonds. The number of pyridine rings is 1. The van der Waals surface area contributed by atoms with Gasteiger partial charge in [0, 0.05) is 6.20 Å². The minimum atomic E-state index is -3.64. The number of nitrogens with zero attached hydrogens (tertiary/aromatic N) is 1. The predicted molar refractivity (Wildman–Crippen MR) is 59.5 cm³/mol. The van der Waals surface area contributed by atoms with Crippen LogP contribution in [0.2, 0.25) is 0 Å². The summed E-state index contributed by atoms with van der Waals surface area (Å²) >= 11 is 0. The highest BCUT2D eigenvalue weighted by molar-refractivity contribution is 7.86. The molecule has 0 spiro atoms. The summed E-state index contributed by atoms with van der Waals surface area (Å²) in [6.45, 7) is 2.19. The van der Waals surface area contributed by atoms with Crippen LogP contribution in [0.15, 0.2) is 29.4 Å². The molecule has 0 saturated carbocycles. The largest absolute Gasteiger partial charge is 0.314 e. The maximum Gasteiger partial charge on any atom is 0.314 e. The molecule has 1 rings (SSSR count). The Morgan fingerprint density at radius 3 is 2.67 bits per heavy atom. The third-order valence-electron chi connectivity index (χ3n) is 1.63. The number of aromatic nitrogens is 1. The number of halogens is 1. The van der Waals surface area contributed by atoms with Gasteiger partial charge in [-0.25, -0.2) is 4.98 Å². The number of hydrogen-bond donors (Lipinski definition) is 0. The van der Waals surface area contributed by atoms with Crippen molar-refractivity contribution in [2.45, 2.75) is 24.8 Å². The van der Waals surface area contributed by atoms with E-state index in [0.29, 0.717) is 0 Å². The van der Waals surface area contributed by atoms with Gasteiger partial charge in [0.05, 0.1) is 6.61 Å². The van der Waals surface area contributed by atoms with Gasteiger partial charge in [-0.15, -0.1) is 12.4 Å². The number of unbranched alkanes of at least 4 members (excludes halogenated alkanes) is 1. The lowest BCUT2D eigenvalue weighted by atomic mass is 10.4. The Morgan fingerprint density at radius 1 is 1.40 bits per heavy atom. The second-order valence-corrected chi connectivity index (χ2v) is 4.36. The summed E-state index contributed by atoms with van der Waals surface area (Å²) in [6.07, 6.45) is 3.06. The van der Waals surface area contributed by atoms with Crippen LogP contribution in [0.25, 0.3) is 0 Å². The average molecular weight is 252 g/mol. The van der Waals surface area contributed by atoms with E-state index in [1.54, 1.807) is 12.1 Å². The Kier molecular flexibility index (Phi) is 6.47. The zero-order chi connectivity index (χ0) is 10.4. The summed E-state index contributed by atoms with van der Waals surface area (Å²) < 4.78 is 27.6. The number of hydrogen-bond acceptors (Lipinski definition) is 4. The smallest absolute Gasteiger partial charge is 0.265 e. The molecular formula is C9H14ClNO3S. The molecule has 6 heteroatoms. The van der Waals surface area contributed by atoms with Crippen molar-refractivity contribution < 1.29 is 12.6 Å². The molecule has 4 nitrogen and oxygen atoms in total. The second-order valence-electron chi connectivity index (χ2n) is 2.80. The number of rotatable bonds is 5. The third-order valence-corrected chi connectivity index (χ3v) is 2.86. The molecule has 0 aromatic carbocycles. The molecule has 0 aliphatic carbocycles. The SMILES string of the molecule is CCCCOS(=O)(=O)c1ccccn1.Cl. The molecule has 1 aromatic heterocycles. The molecule has 0 atom stereocenters. The first-order chi connectivity index (χ1) is 6.67. The molecule has 0 aliphatic heterocycles. The van der Waals surface area contributed by atoms with Gasteiger partial charge in [0.2, 0.25) is 0 Å². The van der Waals surface area contributed by atoms with E-state index in [1.165, 1.54) is 12.3 Å². The Balaban J connectivity index is 0.00000196. The van der Waals surface area contributed by atoms with Crippen LogP contribution in [0.4, 0.5) is 0 Å². The molecule has 0 unspecified atom stereocenters. The van der Waals surface area contributed by atoms with E-state index in [2.05, 4.69) is 4.98 Å². The van der Waals surface area contributed by atoms with Crippen molar-refractivity contribution in [1.82, 2.24) is 4.98 Å². The van der Waals surface area contributed by atoms with Crippen LogP contribution in [0.5, 0.6) is 0 Å². The van der Waals surface area contributed by atoms with E-state index in [-0.39, 0.29) is 24.0 Å². The second kappa shape index (κ2) is 6.76. The quantitative estimate of drug-likeness (QED) is 0.593. The fraction of sp³-hybridized carbons (Fsp3) is 0.444. The van der Waals surface area contributed by atoms with Crippen LogP contribution in [0.3, 0.4) is 0 Å². The van der Waals surface area contributed by atoms with E-state index in [0.717, 1.165) is 12.8 Å². The molecule has 1 heterocycles. The molecular weight excluding hydrogens is 238 g/mol. The van der Waals surface area contributed by atoms with E-state index >= 15 is 0 Å². The standard InChI is InChI=1S/C9H13NO3S.ClH/c1-2-3-8-13-14(11,12)9-6-4-5-7-10-9;/h4-7H,2-3,8H2,1H3;1H. The topological polar surface area (TPSA) is 56.3 Å². The van der Waals surface area contributed by atoms with E-state index in [1.807, 2.05) is 6.92 Å². The van der Waals surface area contributed by atoms with Crippen LogP contribution >= 0.6 is 12.4 Å². The van der Waals surface area contributed by atoms with Gasteiger partial charge >= 0.3 is 10.1 Å². The normalized spacial score (nSPS) is 10.7. The minimum Gasteiger partial charge on any atom is -0.265 e. The van der Waals surface area contributed by atoms with Crippen LogP contribution in [-0.4, -0.2) is 20.0 Å². The minimum absolute atomic E-state index is 0. The molecule has 0 radical (unpaired) electrons. The van der Waals surface area contributed by atoms with Crippen LogP contribution < -0.4 is 0 Å². The van der Waals surface area contributed by atoms with Gasteiger partial charge in [0.25, 0.3) is 0 Å². The van der Waals surface area contributed by atoms with Crippen LogP contribution in [0.1, 0.15) is 19.8 Å². The van der Waals surface area contributed by atoms with Crippen LogP contribution in [0, 0.1) is 0 Å². The summed E-state index contributed by atoms with van der Waals surface area (Å²) in [6, 6.07) is 4.69. The fourth-order valence-corrected chi connectivity index (χ4v) is 1.76. The Labute approximate surface area is 96.2 Å². The lowest BCUT2D eigenvalue weighted by Gasteiger charge is -2.02. The molecule has 1 aromatic rings. The maximum atomic E-state index is 11.4. The van der Waals surface area contributed by atoms with Gasteiger partial charge in [-0.2, -0.15) is 8.42 Å². The highest BCUT2D eigenvalue weighted by Crippen LogP contribution is 2.08. The van der Waals surface area contributed by atoms with E-state index in [9.17, 15) is 8.42 Å². The van der Waals surface area contributed by atoms with Crippen LogP contribution in [-0.2, 0) is 14.3 Å². The molecule has 0 saturated heterocycles. The van der Waals surface area contributed by atoms with E-state index < -0.39 is 10.1 Å². The Morgan fingerprint density at radius 2 is 2.13 bits per heavy atom. The predicted octanol–water partition coefficient (Wildman–Crippen LogP) is 2.01. The van der Waals surface area contributed by atoms with Gasteiger partial charge in [0.1, 0.15) is 0 Å². The summed E-state index contributed by atoms with van der Waals surface area (Å²) in [7, 11) is -3.64. The van der Waals surface area contributed by atoms with Gasteiger partial charge < -0.3 is 0 Å². The fourth-order valence-electron chi connectivity index (χ4n) is 0.868. The summed E-state index contributed by atoms with van der Waals surface area (Å²) in [4.78, 5) is 3.72. The lowest BCUT2D eigenvalue weighted by Crippen LogP contribution is -2.08. The highest BCUT2D eigenvalue weighted by Gasteiger charge is 2.15. The van der Waals surface area contributed by atoms with Crippen molar-refractivity contribution in [1.29, 1.82) is 0 Å². The average Bonchev–Trinajstić information content (AvgIpc) is 2.19. The highest BCUT2D eigenvalue weighted by atomic mass is 35.5. The molecule has 0 aliphatic rings. The molecule has 86 valence electrons. The molecule has 0 fully saturated rings. The lowest BCUT2D eigenvalue weighted by molar-refractivity contribution is 0.309. The molecule has 0 N–H and O–H groups in total. The van der Waals surface area contributed by atoms with Gasteiger partial charge in [-0.1, -0.05) is 19.4 Å². The van der Waals surface area contributed by atoms with Gasteiger partial charge in [0.15, 0.2) is 5.03 Å².